The third kappa shape index (κ3) is 6.10. The Kier molecular flexibility index (Phi) is 7.60. The average Bonchev–Trinajstić information content (AvgIpc) is 3.36. The molecule has 0 spiro atoms. The number of benzene rings is 1. The second kappa shape index (κ2) is 12.0. The number of phenolic OH excluding ortho intramolecular Hbond substituents is 1. The highest BCUT2D eigenvalue weighted by molar-refractivity contribution is 5.93. The molecule has 1 aromatic carbocycles. The first-order valence-electron chi connectivity index (χ1n) is 13.4. The van der Waals surface area contributed by atoms with Gasteiger partial charge < -0.3 is 26.0 Å². The molecule has 1 fully saturated rings. The molecule has 13 nitrogen and oxygen atoms in total. The van der Waals surface area contributed by atoms with Crippen molar-refractivity contribution in [2.24, 2.45) is 0 Å². The van der Waals surface area contributed by atoms with E-state index < -0.39 is 6.17 Å². The molecule has 216 valence electrons. The van der Waals surface area contributed by atoms with Gasteiger partial charge in [-0.1, -0.05) is 18.1 Å². The Labute approximate surface area is 245 Å². The van der Waals surface area contributed by atoms with Gasteiger partial charge in [0.25, 0.3) is 5.91 Å². The molecule has 1 aliphatic heterocycles. The number of carbonyl (C=O) groups is 1. The van der Waals surface area contributed by atoms with E-state index in [-0.39, 0.29) is 48.6 Å². The molecule has 4 N–H and O–H groups in total. The van der Waals surface area contributed by atoms with Gasteiger partial charge in [0.1, 0.15) is 17.7 Å². The summed E-state index contributed by atoms with van der Waals surface area (Å²) in [7, 11) is 0. The number of rotatable bonds is 5. The monoisotopic (exact) mass is 579 g/mol. The molecule has 43 heavy (non-hydrogen) atoms. The largest absolute Gasteiger partial charge is 0.507 e. The summed E-state index contributed by atoms with van der Waals surface area (Å²) in [6, 6.07) is 13.5. The number of fused-ring (bicyclic) bond motifs is 1. The number of carbonyl (C=O) groups excluding carboxylic acids is 1. The number of nitrogens with one attached hydrogen (secondary N) is 1. The highest BCUT2D eigenvalue weighted by Gasteiger charge is 2.26. The molecule has 1 saturated heterocycles. The van der Waals surface area contributed by atoms with Gasteiger partial charge in [-0.2, -0.15) is 5.10 Å². The van der Waals surface area contributed by atoms with Gasteiger partial charge in [0.2, 0.25) is 5.82 Å². The van der Waals surface area contributed by atoms with Crippen LogP contribution in [0.2, 0.25) is 0 Å². The van der Waals surface area contributed by atoms with Crippen LogP contribution in [0.25, 0.3) is 16.9 Å². The minimum absolute atomic E-state index is 0.0586. The number of nitrogen functional groups attached to an aromatic ring is 1. The van der Waals surface area contributed by atoms with Gasteiger partial charge in [0, 0.05) is 43.3 Å². The van der Waals surface area contributed by atoms with Crippen molar-refractivity contribution in [1.82, 2.24) is 40.1 Å². The number of nitrogens with two attached hydrogens (primary N) is 1. The molecule has 0 aliphatic carbocycles. The quantitative estimate of drug-likeness (QED) is 0.260. The molecule has 14 heteroatoms. The van der Waals surface area contributed by atoms with Crippen molar-refractivity contribution in [1.29, 1.82) is 0 Å². The zero-order valence-electron chi connectivity index (χ0n) is 22.8. The molecule has 5 aromatic rings. The molecule has 0 bridgehead atoms. The number of phenols is 1. The maximum atomic E-state index is 15.2. The minimum atomic E-state index is -1.22. The van der Waals surface area contributed by atoms with Crippen molar-refractivity contribution in [3.05, 3.63) is 78.6 Å². The summed E-state index contributed by atoms with van der Waals surface area (Å²) in [5.74, 6) is 6.31. The van der Waals surface area contributed by atoms with Gasteiger partial charge in [-0.25, -0.2) is 23.9 Å². The maximum absolute atomic E-state index is 15.2. The van der Waals surface area contributed by atoms with Crippen LogP contribution >= 0.6 is 0 Å². The zero-order chi connectivity index (χ0) is 29.8. The van der Waals surface area contributed by atoms with Crippen LogP contribution in [0, 0.1) is 11.8 Å². The van der Waals surface area contributed by atoms with Crippen molar-refractivity contribution >= 4 is 28.9 Å². The predicted octanol–water partition coefficient (Wildman–Crippen LogP) is 1.71. The van der Waals surface area contributed by atoms with Crippen LogP contribution in [-0.4, -0.2) is 84.7 Å². The van der Waals surface area contributed by atoms with Crippen LogP contribution in [-0.2, 0) is 0 Å². The summed E-state index contributed by atoms with van der Waals surface area (Å²) in [5, 5.41) is 25.3. The standard InChI is InChI=1S/C29H26FN11O2/c30-19-17-39(23-15-21(36-37-28(23)31)20-5-1-2-6-24(20)42)13-14-40(18-19)26-8-11-32-25(35-26)7-3-9-34-29(43)22-16-27-33-10-4-12-41(27)38-22/h1-2,4-6,8,10-12,15-16,19,42H,9,13-14,17-18H2,(H2,31,37)(H,34,43). The second-order valence-corrected chi connectivity index (χ2v) is 9.68. The van der Waals surface area contributed by atoms with E-state index in [4.69, 9.17) is 5.73 Å². The third-order valence-electron chi connectivity index (χ3n) is 6.77. The predicted molar refractivity (Wildman–Crippen MR) is 157 cm³/mol. The summed E-state index contributed by atoms with van der Waals surface area (Å²) >= 11 is 0. The second-order valence-electron chi connectivity index (χ2n) is 9.68. The number of hydrogen-bond donors (Lipinski definition) is 3. The van der Waals surface area contributed by atoms with Crippen LogP contribution in [0.5, 0.6) is 5.75 Å². The summed E-state index contributed by atoms with van der Waals surface area (Å²) in [5.41, 5.74) is 8.41. The first kappa shape index (κ1) is 27.3. The smallest absolute Gasteiger partial charge is 0.272 e. The molecule has 1 aliphatic rings. The van der Waals surface area contributed by atoms with E-state index in [9.17, 15) is 9.90 Å². The zero-order valence-corrected chi connectivity index (χ0v) is 22.8. The molecular formula is C29H26FN11O2. The Balaban J connectivity index is 1.11. The van der Waals surface area contributed by atoms with Crippen LogP contribution < -0.4 is 20.9 Å². The maximum Gasteiger partial charge on any atom is 0.272 e. The van der Waals surface area contributed by atoms with Crippen LogP contribution in [0.3, 0.4) is 0 Å². The first-order valence-corrected chi connectivity index (χ1v) is 13.4. The fraction of sp³-hybridized carbons (Fsp3) is 0.207. The van der Waals surface area contributed by atoms with Crippen molar-refractivity contribution in [2.75, 3.05) is 48.3 Å². The average molecular weight is 580 g/mol. The van der Waals surface area contributed by atoms with Gasteiger partial charge in [0.15, 0.2) is 17.2 Å². The highest BCUT2D eigenvalue weighted by Crippen LogP contribution is 2.32. The van der Waals surface area contributed by atoms with Crippen molar-refractivity contribution in [3.63, 3.8) is 0 Å². The van der Waals surface area contributed by atoms with Gasteiger partial charge in [-0.05, 0) is 36.3 Å². The van der Waals surface area contributed by atoms with Crippen LogP contribution in [0.15, 0.2) is 67.1 Å². The lowest BCUT2D eigenvalue weighted by atomic mass is 10.1. The van der Waals surface area contributed by atoms with Crippen molar-refractivity contribution in [3.8, 4) is 28.8 Å². The number of anilines is 3. The van der Waals surface area contributed by atoms with Gasteiger partial charge in [-0.3, -0.25) is 4.79 Å². The van der Waals surface area contributed by atoms with E-state index in [2.05, 4.69) is 47.4 Å². The lowest BCUT2D eigenvalue weighted by Gasteiger charge is -2.25. The topological polar surface area (TPSA) is 164 Å². The molecule has 5 heterocycles. The Bertz CT molecular complexity index is 1820. The number of alkyl halides is 1. The van der Waals surface area contributed by atoms with Crippen LogP contribution in [0.1, 0.15) is 16.3 Å². The van der Waals surface area contributed by atoms with E-state index in [0.717, 1.165) is 0 Å². The Hall–Kier alpha value is -5.84. The van der Waals surface area contributed by atoms with Crippen molar-refractivity contribution in [2.45, 2.75) is 6.17 Å². The van der Waals surface area contributed by atoms with Gasteiger partial charge >= 0.3 is 0 Å². The number of aromatic nitrogens is 7. The molecule has 1 unspecified atom stereocenters. The fourth-order valence-electron chi connectivity index (χ4n) is 4.72. The SMILES string of the molecule is Nc1nnc(-c2ccccc2O)cc1N1CCN(c2ccnc(C#CCNC(=O)c3cc4ncccn4n3)n2)CC(F)C1. The molecule has 0 radical (unpaired) electrons. The fourth-order valence-corrected chi connectivity index (χ4v) is 4.72. The molecule has 4 aromatic heterocycles. The normalized spacial score (nSPS) is 15.0. The Morgan fingerprint density at radius 2 is 1.91 bits per heavy atom. The number of amides is 1. The molecule has 6 rings (SSSR count). The third-order valence-corrected chi connectivity index (χ3v) is 6.77. The molecule has 0 saturated carbocycles. The van der Waals surface area contributed by atoms with E-state index in [0.29, 0.717) is 41.5 Å². The number of aromatic hydroxyl groups is 1. The highest BCUT2D eigenvalue weighted by atomic mass is 19.1. The summed E-state index contributed by atoms with van der Waals surface area (Å²) < 4.78 is 16.8. The summed E-state index contributed by atoms with van der Waals surface area (Å²) in [6.45, 7) is 1.14. The van der Waals surface area contributed by atoms with E-state index in [1.807, 2.05) is 9.80 Å². The van der Waals surface area contributed by atoms with Gasteiger partial charge in [0.05, 0.1) is 31.0 Å². The van der Waals surface area contributed by atoms with E-state index in [1.165, 1.54) is 4.52 Å². The summed E-state index contributed by atoms with van der Waals surface area (Å²) in [4.78, 5) is 28.9. The lowest BCUT2D eigenvalue weighted by Crippen LogP contribution is -2.31. The van der Waals surface area contributed by atoms with Crippen molar-refractivity contribution < 1.29 is 14.3 Å². The Morgan fingerprint density at radius 3 is 2.77 bits per heavy atom. The number of hydrogen-bond acceptors (Lipinski definition) is 11. The van der Waals surface area contributed by atoms with E-state index in [1.54, 1.807) is 67.1 Å². The van der Waals surface area contributed by atoms with Crippen LogP contribution in [0.4, 0.5) is 21.7 Å². The summed E-state index contributed by atoms with van der Waals surface area (Å²) in [6.07, 6.45) is 3.67. The molecule has 1 amide bonds. The number of halogens is 1. The Morgan fingerprint density at radius 1 is 1.07 bits per heavy atom. The number of para-hydroxylation sites is 1. The molecule has 1 atom stereocenters. The molecular weight excluding hydrogens is 553 g/mol. The number of nitrogens with zero attached hydrogens (tertiary/aromatic N) is 9. The minimum Gasteiger partial charge on any atom is -0.507 e. The first-order chi connectivity index (χ1) is 20.9. The van der Waals surface area contributed by atoms with E-state index >= 15 is 4.39 Å². The van der Waals surface area contributed by atoms with Gasteiger partial charge in [-0.15, -0.1) is 10.2 Å². The lowest BCUT2D eigenvalue weighted by molar-refractivity contribution is 0.0953.